The van der Waals surface area contributed by atoms with Crippen LogP contribution in [0.4, 0.5) is 0 Å². The van der Waals surface area contributed by atoms with Gasteiger partial charge in [0.1, 0.15) is 0 Å². The number of hydrogen-bond donors (Lipinski definition) is 1. The van der Waals surface area contributed by atoms with Crippen molar-refractivity contribution >= 4 is 0 Å². The molecule has 2 rings (SSSR count). The summed E-state index contributed by atoms with van der Waals surface area (Å²) in [5.41, 5.74) is 0.149. The smallest absolute Gasteiger partial charge is 0.0624 e. The van der Waals surface area contributed by atoms with Crippen LogP contribution >= 0.6 is 0 Å². The molecule has 0 bridgehead atoms. The number of rotatable bonds is 0. The summed E-state index contributed by atoms with van der Waals surface area (Å²) in [5, 5.41) is 10.5. The molecular formula is C14H26O. The predicted octanol–water partition coefficient (Wildman–Crippen LogP) is 3.47. The van der Waals surface area contributed by atoms with E-state index in [1.54, 1.807) is 0 Å². The molecule has 0 aromatic carbocycles. The van der Waals surface area contributed by atoms with Crippen LogP contribution in [0.15, 0.2) is 0 Å². The van der Waals surface area contributed by atoms with Crippen molar-refractivity contribution in [2.24, 2.45) is 29.1 Å². The monoisotopic (exact) mass is 210 g/mol. The Hall–Kier alpha value is -0.0400. The summed E-state index contributed by atoms with van der Waals surface area (Å²) in [7, 11) is 0. The Kier molecular flexibility index (Phi) is 2.87. The lowest BCUT2D eigenvalue weighted by molar-refractivity contribution is -0.100. The van der Waals surface area contributed by atoms with Crippen molar-refractivity contribution in [3.63, 3.8) is 0 Å². The quantitative estimate of drug-likeness (QED) is 0.649. The van der Waals surface area contributed by atoms with Crippen LogP contribution in [-0.2, 0) is 0 Å². The lowest BCUT2D eigenvalue weighted by Gasteiger charge is -2.51. The summed E-state index contributed by atoms with van der Waals surface area (Å²) in [5.74, 6) is 2.96. The lowest BCUT2D eigenvalue weighted by atomic mass is 9.56. The number of fused-ring (bicyclic) bond motifs is 1. The molecule has 1 heteroatoms. The first kappa shape index (κ1) is 11.4. The highest BCUT2D eigenvalue weighted by molar-refractivity contribution is 4.97. The van der Waals surface area contributed by atoms with Gasteiger partial charge in [-0.15, -0.1) is 0 Å². The maximum Gasteiger partial charge on any atom is 0.0624 e. The molecule has 0 radical (unpaired) electrons. The maximum atomic E-state index is 10.5. The first-order valence-electron chi connectivity index (χ1n) is 6.60. The van der Waals surface area contributed by atoms with Crippen molar-refractivity contribution in [2.75, 3.05) is 0 Å². The molecule has 5 atom stereocenters. The first-order chi connectivity index (χ1) is 6.92. The van der Waals surface area contributed by atoms with Gasteiger partial charge in [-0.1, -0.05) is 27.7 Å². The molecule has 2 aliphatic rings. The highest BCUT2D eigenvalue weighted by Gasteiger charge is 2.47. The van der Waals surface area contributed by atoms with Gasteiger partial charge in [-0.05, 0) is 54.8 Å². The Morgan fingerprint density at radius 3 is 2.47 bits per heavy atom. The minimum absolute atomic E-state index is 0.0706. The fourth-order valence-electron chi connectivity index (χ4n) is 4.13. The van der Waals surface area contributed by atoms with E-state index in [9.17, 15) is 5.11 Å². The average Bonchev–Trinajstić information content (AvgIpc) is 2.11. The van der Waals surface area contributed by atoms with Gasteiger partial charge in [-0.25, -0.2) is 0 Å². The molecule has 15 heavy (non-hydrogen) atoms. The molecule has 0 amide bonds. The second-order valence-corrected chi connectivity index (χ2v) is 6.86. The molecule has 1 nitrogen and oxygen atoms in total. The minimum Gasteiger partial charge on any atom is -0.392 e. The molecule has 88 valence electrons. The molecule has 0 heterocycles. The first-order valence-corrected chi connectivity index (χ1v) is 6.60. The lowest BCUT2D eigenvalue weighted by Crippen LogP contribution is -2.49. The van der Waals surface area contributed by atoms with Crippen LogP contribution in [0.25, 0.3) is 0 Å². The number of hydrogen-bond acceptors (Lipinski definition) is 1. The SMILES string of the molecule is CC1CC(C)C2C(CCC(C)(C)C2O)C1. The molecule has 0 aromatic rings. The molecule has 2 saturated carbocycles. The van der Waals surface area contributed by atoms with Gasteiger partial charge in [0.05, 0.1) is 6.10 Å². The summed E-state index contributed by atoms with van der Waals surface area (Å²) in [6.07, 6.45) is 5.13. The standard InChI is InChI=1S/C14H26O/c1-9-7-10(2)12-11(8-9)5-6-14(3,4)13(12)15/h9-13,15H,5-8H2,1-4H3. The van der Waals surface area contributed by atoms with Crippen LogP contribution in [-0.4, -0.2) is 11.2 Å². The Morgan fingerprint density at radius 1 is 1.13 bits per heavy atom. The van der Waals surface area contributed by atoms with Crippen molar-refractivity contribution in [3.8, 4) is 0 Å². The second-order valence-electron chi connectivity index (χ2n) is 6.86. The third kappa shape index (κ3) is 1.95. The minimum atomic E-state index is -0.0706. The zero-order chi connectivity index (χ0) is 11.2. The van der Waals surface area contributed by atoms with Gasteiger partial charge >= 0.3 is 0 Å². The Balaban J connectivity index is 2.17. The van der Waals surface area contributed by atoms with Gasteiger partial charge in [0, 0.05) is 0 Å². The molecule has 1 N–H and O–H groups in total. The average molecular weight is 210 g/mol. The molecule has 2 aliphatic carbocycles. The largest absolute Gasteiger partial charge is 0.392 e. The summed E-state index contributed by atoms with van der Waals surface area (Å²) in [6, 6.07) is 0. The van der Waals surface area contributed by atoms with Crippen molar-refractivity contribution in [2.45, 2.75) is 59.5 Å². The number of aliphatic hydroxyl groups excluding tert-OH is 1. The van der Waals surface area contributed by atoms with E-state index in [4.69, 9.17) is 0 Å². The van der Waals surface area contributed by atoms with E-state index in [0.717, 1.165) is 11.8 Å². The van der Waals surface area contributed by atoms with E-state index in [2.05, 4.69) is 27.7 Å². The zero-order valence-corrected chi connectivity index (χ0v) is 10.7. The van der Waals surface area contributed by atoms with E-state index in [1.165, 1.54) is 25.7 Å². The Morgan fingerprint density at radius 2 is 1.80 bits per heavy atom. The van der Waals surface area contributed by atoms with Crippen molar-refractivity contribution in [1.29, 1.82) is 0 Å². The summed E-state index contributed by atoms with van der Waals surface area (Å²) in [4.78, 5) is 0. The van der Waals surface area contributed by atoms with Crippen LogP contribution in [0, 0.1) is 29.1 Å². The highest BCUT2D eigenvalue weighted by atomic mass is 16.3. The fraction of sp³-hybridized carbons (Fsp3) is 1.00. The molecule has 5 unspecified atom stereocenters. The molecule has 0 aromatic heterocycles. The van der Waals surface area contributed by atoms with Crippen molar-refractivity contribution < 1.29 is 5.11 Å². The van der Waals surface area contributed by atoms with E-state index >= 15 is 0 Å². The normalized spacial score (nSPS) is 49.8. The third-order valence-electron chi connectivity index (χ3n) is 5.01. The van der Waals surface area contributed by atoms with Gasteiger partial charge in [0.2, 0.25) is 0 Å². The Bertz CT molecular complexity index is 233. The van der Waals surface area contributed by atoms with Crippen LogP contribution in [0.3, 0.4) is 0 Å². The molecular weight excluding hydrogens is 184 g/mol. The Labute approximate surface area is 94.3 Å². The molecule has 2 fully saturated rings. The van der Waals surface area contributed by atoms with Gasteiger partial charge in [-0.2, -0.15) is 0 Å². The maximum absolute atomic E-state index is 10.5. The third-order valence-corrected chi connectivity index (χ3v) is 5.01. The van der Waals surface area contributed by atoms with Crippen LogP contribution in [0.5, 0.6) is 0 Å². The van der Waals surface area contributed by atoms with Gasteiger partial charge in [0.15, 0.2) is 0 Å². The van der Waals surface area contributed by atoms with Crippen LogP contribution in [0.1, 0.15) is 53.4 Å². The predicted molar refractivity (Wildman–Crippen MR) is 63.6 cm³/mol. The van der Waals surface area contributed by atoms with Crippen LogP contribution < -0.4 is 0 Å². The summed E-state index contributed by atoms with van der Waals surface area (Å²) < 4.78 is 0. The molecule has 0 aliphatic heterocycles. The van der Waals surface area contributed by atoms with Gasteiger partial charge < -0.3 is 5.11 Å². The number of aliphatic hydroxyl groups is 1. The fourth-order valence-corrected chi connectivity index (χ4v) is 4.13. The molecule has 0 spiro atoms. The van der Waals surface area contributed by atoms with E-state index in [0.29, 0.717) is 11.8 Å². The van der Waals surface area contributed by atoms with Crippen LogP contribution in [0.2, 0.25) is 0 Å². The van der Waals surface area contributed by atoms with Crippen molar-refractivity contribution in [3.05, 3.63) is 0 Å². The second kappa shape index (κ2) is 3.76. The van der Waals surface area contributed by atoms with Gasteiger partial charge in [-0.3, -0.25) is 0 Å². The highest BCUT2D eigenvalue weighted by Crippen LogP contribution is 2.51. The summed E-state index contributed by atoms with van der Waals surface area (Å²) in [6.45, 7) is 9.19. The van der Waals surface area contributed by atoms with E-state index in [1.807, 2.05) is 0 Å². The van der Waals surface area contributed by atoms with Gasteiger partial charge in [0.25, 0.3) is 0 Å². The van der Waals surface area contributed by atoms with Crippen molar-refractivity contribution in [1.82, 2.24) is 0 Å². The zero-order valence-electron chi connectivity index (χ0n) is 10.7. The summed E-state index contributed by atoms with van der Waals surface area (Å²) >= 11 is 0. The molecule has 0 saturated heterocycles. The van der Waals surface area contributed by atoms with E-state index in [-0.39, 0.29) is 11.5 Å². The topological polar surface area (TPSA) is 20.2 Å². The van der Waals surface area contributed by atoms with E-state index < -0.39 is 0 Å².